The maximum atomic E-state index is 12.7. The minimum absolute atomic E-state index is 0.128. The average Bonchev–Trinajstić information content (AvgIpc) is 3.26. The fraction of sp³-hybridized carbons (Fsp3) is 0.130. The van der Waals surface area contributed by atoms with Crippen molar-refractivity contribution in [1.29, 1.82) is 0 Å². The molecule has 0 bridgehead atoms. The lowest BCUT2D eigenvalue weighted by Crippen LogP contribution is -2.36. The summed E-state index contributed by atoms with van der Waals surface area (Å²) in [5, 5.41) is 2.79. The summed E-state index contributed by atoms with van der Waals surface area (Å²) in [5.74, 6) is 0.522. The van der Waals surface area contributed by atoms with Crippen LogP contribution in [0.15, 0.2) is 83.5 Å². The van der Waals surface area contributed by atoms with Gasteiger partial charge < -0.3 is 19.4 Å². The third-order valence-corrected chi connectivity index (χ3v) is 4.17. The van der Waals surface area contributed by atoms with Crippen LogP contribution in [-0.2, 0) is 16.1 Å². The van der Waals surface area contributed by atoms with Gasteiger partial charge in [0.1, 0.15) is 18.1 Å². The molecule has 0 spiro atoms. The molecule has 2 aromatic carbocycles. The molecule has 1 aromatic heterocycles. The van der Waals surface area contributed by atoms with E-state index in [1.807, 2.05) is 36.4 Å². The fourth-order valence-corrected chi connectivity index (χ4v) is 2.75. The minimum Gasteiger partial charge on any atom is -0.495 e. The molecule has 1 heterocycles. The monoisotopic (exact) mass is 390 g/mol. The molecule has 0 aliphatic heterocycles. The van der Waals surface area contributed by atoms with E-state index in [9.17, 15) is 9.59 Å². The number of amides is 2. The molecule has 6 heteroatoms. The number of hydrogen-bond acceptors (Lipinski definition) is 4. The van der Waals surface area contributed by atoms with Gasteiger partial charge in [0, 0.05) is 6.08 Å². The van der Waals surface area contributed by atoms with Gasteiger partial charge in [-0.3, -0.25) is 9.59 Å². The first-order valence-corrected chi connectivity index (χ1v) is 9.13. The standard InChI is InChI=1S/C23H22N2O4/c1-28-21-12-6-5-11-20(21)24-22(26)17-25(16-19-10-7-15-29-19)23(27)14-13-18-8-3-2-4-9-18/h2-15H,16-17H2,1H3,(H,24,26)/b14-13+. The van der Waals surface area contributed by atoms with Crippen molar-refractivity contribution in [3.8, 4) is 5.75 Å². The van der Waals surface area contributed by atoms with Crippen LogP contribution in [0.4, 0.5) is 5.69 Å². The summed E-state index contributed by atoms with van der Waals surface area (Å²) >= 11 is 0. The lowest BCUT2D eigenvalue weighted by Gasteiger charge is -2.20. The van der Waals surface area contributed by atoms with Crippen molar-refractivity contribution in [2.45, 2.75) is 6.54 Å². The van der Waals surface area contributed by atoms with Crippen LogP contribution >= 0.6 is 0 Å². The van der Waals surface area contributed by atoms with Crippen LogP contribution in [0.25, 0.3) is 6.08 Å². The van der Waals surface area contributed by atoms with Gasteiger partial charge >= 0.3 is 0 Å². The van der Waals surface area contributed by atoms with Gasteiger partial charge in [0.2, 0.25) is 11.8 Å². The van der Waals surface area contributed by atoms with Crippen LogP contribution in [0.3, 0.4) is 0 Å². The van der Waals surface area contributed by atoms with Crippen LogP contribution in [0.1, 0.15) is 11.3 Å². The van der Waals surface area contributed by atoms with E-state index < -0.39 is 0 Å². The predicted molar refractivity (Wildman–Crippen MR) is 111 cm³/mol. The molecule has 3 rings (SSSR count). The average molecular weight is 390 g/mol. The zero-order valence-electron chi connectivity index (χ0n) is 16.1. The number of ether oxygens (including phenoxy) is 1. The van der Waals surface area contributed by atoms with Gasteiger partial charge in [0.15, 0.2) is 0 Å². The van der Waals surface area contributed by atoms with Gasteiger partial charge in [0.05, 0.1) is 25.6 Å². The lowest BCUT2D eigenvalue weighted by molar-refractivity contribution is -0.131. The van der Waals surface area contributed by atoms with Crippen molar-refractivity contribution in [1.82, 2.24) is 4.90 Å². The van der Waals surface area contributed by atoms with E-state index in [0.717, 1.165) is 5.56 Å². The van der Waals surface area contributed by atoms with E-state index in [-0.39, 0.29) is 24.9 Å². The van der Waals surface area contributed by atoms with E-state index in [0.29, 0.717) is 17.2 Å². The molecule has 0 unspecified atom stereocenters. The van der Waals surface area contributed by atoms with Gasteiger partial charge in [0.25, 0.3) is 0 Å². The second kappa shape index (κ2) is 9.94. The van der Waals surface area contributed by atoms with Gasteiger partial charge in [-0.25, -0.2) is 0 Å². The zero-order chi connectivity index (χ0) is 20.5. The Morgan fingerprint density at radius 2 is 1.79 bits per heavy atom. The molecule has 0 aliphatic carbocycles. The second-order valence-corrected chi connectivity index (χ2v) is 6.27. The van der Waals surface area contributed by atoms with Crippen LogP contribution in [-0.4, -0.2) is 30.4 Å². The minimum atomic E-state index is -0.331. The molecule has 0 atom stereocenters. The number of carbonyl (C=O) groups is 2. The Labute approximate surface area is 169 Å². The number of hydrogen-bond donors (Lipinski definition) is 1. The second-order valence-electron chi connectivity index (χ2n) is 6.27. The molecule has 0 aliphatic rings. The molecule has 148 valence electrons. The first-order valence-electron chi connectivity index (χ1n) is 9.13. The van der Waals surface area contributed by atoms with Crippen LogP contribution in [0, 0.1) is 0 Å². The smallest absolute Gasteiger partial charge is 0.247 e. The Morgan fingerprint density at radius 3 is 2.52 bits per heavy atom. The third-order valence-electron chi connectivity index (χ3n) is 4.17. The van der Waals surface area contributed by atoms with Crippen LogP contribution < -0.4 is 10.1 Å². The molecule has 0 saturated carbocycles. The molecule has 0 saturated heterocycles. The Kier molecular flexibility index (Phi) is 6.84. The van der Waals surface area contributed by atoms with Crippen molar-refractivity contribution in [2.24, 2.45) is 0 Å². The number of para-hydroxylation sites is 2. The summed E-state index contributed by atoms with van der Waals surface area (Å²) < 4.78 is 10.6. The molecule has 0 fully saturated rings. The van der Waals surface area contributed by atoms with Crippen molar-refractivity contribution >= 4 is 23.6 Å². The van der Waals surface area contributed by atoms with E-state index in [2.05, 4.69) is 5.32 Å². The van der Waals surface area contributed by atoms with E-state index >= 15 is 0 Å². The van der Waals surface area contributed by atoms with Crippen LogP contribution in [0.2, 0.25) is 0 Å². The van der Waals surface area contributed by atoms with Crippen molar-refractivity contribution in [3.63, 3.8) is 0 Å². The topological polar surface area (TPSA) is 71.8 Å². The van der Waals surface area contributed by atoms with Gasteiger partial charge in [-0.2, -0.15) is 0 Å². The van der Waals surface area contributed by atoms with Crippen LogP contribution in [0.5, 0.6) is 5.75 Å². The highest BCUT2D eigenvalue weighted by Gasteiger charge is 2.18. The number of methoxy groups -OCH3 is 1. The highest BCUT2D eigenvalue weighted by atomic mass is 16.5. The zero-order valence-corrected chi connectivity index (χ0v) is 16.1. The molecule has 6 nitrogen and oxygen atoms in total. The van der Waals surface area contributed by atoms with E-state index in [1.165, 1.54) is 24.3 Å². The number of benzene rings is 2. The first kappa shape index (κ1) is 19.9. The quantitative estimate of drug-likeness (QED) is 0.591. The summed E-state index contributed by atoms with van der Waals surface area (Å²) in [6, 6.07) is 20.1. The number of anilines is 1. The highest BCUT2D eigenvalue weighted by molar-refractivity contribution is 5.98. The summed E-state index contributed by atoms with van der Waals surface area (Å²) in [6.07, 6.45) is 4.71. The first-order chi connectivity index (χ1) is 14.2. The Balaban J connectivity index is 1.71. The maximum Gasteiger partial charge on any atom is 0.247 e. The molecule has 2 amide bonds. The molecular weight excluding hydrogens is 368 g/mol. The number of nitrogens with zero attached hydrogens (tertiary/aromatic N) is 1. The van der Waals surface area contributed by atoms with Gasteiger partial charge in [-0.15, -0.1) is 0 Å². The Morgan fingerprint density at radius 1 is 1.03 bits per heavy atom. The fourth-order valence-electron chi connectivity index (χ4n) is 2.75. The van der Waals surface area contributed by atoms with Gasteiger partial charge in [-0.1, -0.05) is 42.5 Å². The molecular formula is C23H22N2O4. The van der Waals surface area contributed by atoms with Crippen molar-refractivity contribution < 1.29 is 18.7 Å². The molecule has 3 aromatic rings. The molecule has 29 heavy (non-hydrogen) atoms. The summed E-state index contributed by atoms with van der Waals surface area (Å²) in [6.45, 7) is 0.0566. The number of carbonyl (C=O) groups excluding carboxylic acids is 2. The lowest BCUT2D eigenvalue weighted by atomic mass is 10.2. The van der Waals surface area contributed by atoms with E-state index in [1.54, 1.807) is 36.4 Å². The largest absolute Gasteiger partial charge is 0.495 e. The van der Waals surface area contributed by atoms with Crippen molar-refractivity contribution in [2.75, 3.05) is 19.0 Å². The summed E-state index contributed by atoms with van der Waals surface area (Å²) in [5.41, 5.74) is 1.45. The number of rotatable bonds is 8. The van der Waals surface area contributed by atoms with Gasteiger partial charge in [-0.05, 0) is 35.9 Å². The Bertz CT molecular complexity index is 966. The van der Waals surface area contributed by atoms with Crippen molar-refractivity contribution in [3.05, 3.63) is 90.4 Å². The Hall–Kier alpha value is -3.80. The predicted octanol–water partition coefficient (Wildman–Crippen LogP) is 3.97. The SMILES string of the molecule is COc1ccccc1NC(=O)CN(Cc1ccco1)C(=O)/C=C/c1ccccc1. The normalized spacial score (nSPS) is 10.7. The molecule has 0 radical (unpaired) electrons. The highest BCUT2D eigenvalue weighted by Crippen LogP contribution is 2.23. The molecule has 1 N–H and O–H groups in total. The summed E-state index contributed by atoms with van der Waals surface area (Å²) in [4.78, 5) is 26.7. The number of furan rings is 1. The third kappa shape index (κ3) is 5.84. The maximum absolute atomic E-state index is 12.7. The van der Waals surface area contributed by atoms with E-state index in [4.69, 9.17) is 9.15 Å². The summed E-state index contributed by atoms with van der Waals surface area (Å²) in [7, 11) is 1.53. The number of nitrogens with one attached hydrogen (secondary N) is 1.